The average molecular weight is 362 g/mol. The zero-order valence-electron chi connectivity index (χ0n) is 14.5. The number of hydrogen-bond acceptors (Lipinski definition) is 5. The molecule has 2 atom stereocenters. The Labute approximate surface area is 150 Å². The Morgan fingerprint density at radius 2 is 1.96 bits per heavy atom. The lowest BCUT2D eigenvalue weighted by Crippen LogP contribution is -2.32. The Hall–Kier alpha value is -2.41. The standard InChI is InChI=1S/C18H22N2O4S/c1-11(9-10-24-14-7-5-4-6-8-14)16(21)19-13(3)17-20-12(2)15(25-17)18(22)23/h4-8,11,13H,9-10H2,1-3H3,(H,19,21)(H,22,23). The summed E-state index contributed by atoms with van der Waals surface area (Å²) < 4.78 is 5.61. The third kappa shape index (κ3) is 5.29. The number of carbonyl (C=O) groups is 2. The van der Waals surface area contributed by atoms with Crippen molar-refractivity contribution in [2.24, 2.45) is 5.92 Å². The second-order valence-electron chi connectivity index (χ2n) is 5.85. The number of nitrogens with zero attached hydrogens (tertiary/aromatic N) is 1. The summed E-state index contributed by atoms with van der Waals surface area (Å²) in [5.74, 6) is -0.533. The molecule has 1 aromatic heterocycles. The van der Waals surface area contributed by atoms with Crippen molar-refractivity contribution in [2.75, 3.05) is 6.61 Å². The van der Waals surface area contributed by atoms with Crippen molar-refractivity contribution in [2.45, 2.75) is 33.2 Å². The van der Waals surface area contributed by atoms with E-state index in [1.54, 1.807) is 13.8 Å². The Morgan fingerprint density at radius 3 is 2.56 bits per heavy atom. The fraction of sp³-hybridized carbons (Fsp3) is 0.389. The molecule has 0 aliphatic rings. The Morgan fingerprint density at radius 1 is 1.28 bits per heavy atom. The van der Waals surface area contributed by atoms with E-state index in [9.17, 15) is 9.59 Å². The summed E-state index contributed by atoms with van der Waals surface area (Å²) in [4.78, 5) is 27.8. The number of carboxylic acid groups (broad SMARTS) is 1. The molecule has 0 saturated heterocycles. The topological polar surface area (TPSA) is 88.5 Å². The monoisotopic (exact) mass is 362 g/mol. The van der Waals surface area contributed by atoms with Gasteiger partial charge in [0.1, 0.15) is 15.6 Å². The van der Waals surface area contributed by atoms with Crippen LogP contribution in [-0.2, 0) is 4.79 Å². The molecule has 0 bridgehead atoms. The molecule has 25 heavy (non-hydrogen) atoms. The maximum Gasteiger partial charge on any atom is 0.347 e. The number of ether oxygens (including phenoxy) is 1. The zero-order chi connectivity index (χ0) is 18.4. The first-order valence-corrected chi connectivity index (χ1v) is 8.89. The van der Waals surface area contributed by atoms with Crippen LogP contribution in [0.25, 0.3) is 0 Å². The van der Waals surface area contributed by atoms with Crippen LogP contribution in [0.3, 0.4) is 0 Å². The van der Waals surface area contributed by atoms with Gasteiger partial charge in [-0.3, -0.25) is 4.79 Å². The quantitative estimate of drug-likeness (QED) is 0.751. The summed E-state index contributed by atoms with van der Waals surface area (Å²) in [7, 11) is 0. The first kappa shape index (κ1) is 18.9. The van der Waals surface area contributed by atoms with Crippen molar-refractivity contribution >= 4 is 23.2 Å². The number of carboxylic acids is 1. The van der Waals surface area contributed by atoms with Crippen LogP contribution in [0.1, 0.15) is 46.7 Å². The van der Waals surface area contributed by atoms with Gasteiger partial charge in [0.2, 0.25) is 5.91 Å². The van der Waals surface area contributed by atoms with E-state index in [2.05, 4.69) is 10.3 Å². The number of benzene rings is 1. The van der Waals surface area contributed by atoms with E-state index in [1.165, 1.54) is 0 Å². The number of hydrogen-bond donors (Lipinski definition) is 2. The summed E-state index contributed by atoms with van der Waals surface area (Å²) in [6.45, 7) is 5.75. The summed E-state index contributed by atoms with van der Waals surface area (Å²) >= 11 is 1.09. The number of nitrogens with one attached hydrogen (secondary N) is 1. The van der Waals surface area contributed by atoms with Gasteiger partial charge in [0.25, 0.3) is 0 Å². The molecule has 6 nitrogen and oxygen atoms in total. The second-order valence-corrected chi connectivity index (χ2v) is 6.88. The molecule has 0 saturated carbocycles. The van der Waals surface area contributed by atoms with Crippen LogP contribution in [0, 0.1) is 12.8 Å². The third-order valence-electron chi connectivity index (χ3n) is 3.75. The van der Waals surface area contributed by atoms with Crippen molar-refractivity contribution in [3.8, 4) is 5.75 Å². The van der Waals surface area contributed by atoms with E-state index in [0.717, 1.165) is 17.1 Å². The first-order valence-electron chi connectivity index (χ1n) is 8.07. The van der Waals surface area contributed by atoms with E-state index in [0.29, 0.717) is 23.7 Å². The smallest absolute Gasteiger partial charge is 0.347 e. The number of aromatic nitrogens is 1. The fourth-order valence-electron chi connectivity index (χ4n) is 2.22. The predicted octanol–water partition coefficient (Wildman–Crippen LogP) is 3.43. The zero-order valence-corrected chi connectivity index (χ0v) is 15.3. The lowest BCUT2D eigenvalue weighted by atomic mass is 10.1. The number of amides is 1. The molecule has 1 amide bonds. The van der Waals surface area contributed by atoms with Crippen LogP contribution in [-0.4, -0.2) is 28.6 Å². The van der Waals surface area contributed by atoms with Gasteiger partial charge < -0.3 is 15.2 Å². The van der Waals surface area contributed by atoms with Gasteiger partial charge in [0, 0.05) is 5.92 Å². The van der Waals surface area contributed by atoms with Gasteiger partial charge in [-0.15, -0.1) is 11.3 Å². The number of aryl methyl sites for hydroxylation is 1. The maximum absolute atomic E-state index is 12.3. The van der Waals surface area contributed by atoms with Crippen molar-refractivity contribution in [3.05, 3.63) is 45.9 Å². The van der Waals surface area contributed by atoms with Crippen molar-refractivity contribution in [3.63, 3.8) is 0 Å². The summed E-state index contributed by atoms with van der Waals surface area (Å²) in [6.07, 6.45) is 0.588. The van der Waals surface area contributed by atoms with Gasteiger partial charge >= 0.3 is 5.97 Å². The van der Waals surface area contributed by atoms with E-state index >= 15 is 0 Å². The van der Waals surface area contributed by atoms with Crippen LogP contribution >= 0.6 is 11.3 Å². The molecule has 0 radical (unpaired) electrons. The Balaban J connectivity index is 1.83. The highest BCUT2D eigenvalue weighted by Crippen LogP contribution is 2.24. The minimum atomic E-state index is -0.994. The van der Waals surface area contributed by atoms with Crippen molar-refractivity contribution in [1.29, 1.82) is 0 Å². The van der Waals surface area contributed by atoms with Crippen LogP contribution in [0.2, 0.25) is 0 Å². The minimum absolute atomic E-state index is 0.103. The average Bonchev–Trinajstić information content (AvgIpc) is 2.98. The minimum Gasteiger partial charge on any atom is -0.494 e. The van der Waals surface area contributed by atoms with Gasteiger partial charge in [-0.2, -0.15) is 0 Å². The van der Waals surface area contributed by atoms with Gasteiger partial charge in [-0.25, -0.2) is 9.78 Å². The van der Waals surface area contributed by atoms with Crippen molar-refractivity contribution in [1.82, 2.24) is 10.3 Å². The fourth-order valence-corrected chi connectivity index (χ4v) is 3.13. The molecule has 134 valence electrons. The lowest BCUT2D eigenvalue weighted by molar-refractivity contribution is -0.125. The number of aromatic carboxylic acids is 1. The third-order valence-corrected chi connectivity index (χ3v) is 5.08. The molecule has 0 aliphatic heterocycles. The van der Waals surface area contributed by atoms with Gasteiger partial charge in [0.15, 0.2) is 0 Å². The molecule has 0 aliphatic carbocycles. The Bertz CT molecular complexity index is 730. The van der Waals surface area contributed by atoms with Gasteiger partial charge in [-0.05, 0) is 32.4 Å². The lowest BCUT2D eigenvalue weighted by Gasteiger charge is -2.16. The Kier molecular flexibility index (Phi) is 6.52. The molecule has 2 unspecified atom stereocenters. The highest BCUT2D eigenvalue weighted by molar-refractivity contribution is 7.13. The summed E-state index contributed by atoms with van der Waals surface area (Å²) in [5, 5.41) is 12.6. The van der Waals surface area contributed by atoms with Crippen LogP contribution in [0.4, 0.5) is 0 Å². The van der Waals surface area contributed by atoms with E-state index < -0.39 is 5.97 Å². The second kappa shape index (κ2) is 8.62. The number of carbonyl (C=O) groups excluding carboxylic acids is 1. The summed E-state index contributed by atoms with van der Waals surface area (Å²) in [5.41, 5.74) is 0.470. The van der Waals surface area contributed by atoms with Crippen LogP contribution < -0.4 is 10.1 Å². The highest BCUT2D eigenvalue weighted by Gasteiger charge is 2.21. The van der Waals surface area contributed by atoms with Crippen molar-refractivity contribution < 1.29 is 19.4 Å². The molecule has 2 aromatic rings. The molecule has 2 N–H and O–H groups in total. The highest BCUT2D eigenvalue weighted by atomic mass is 32.1. The number of thiazole rings is 1. The molecule has 0 fully saturated rings. The largest absolute Gasteiger partial charge is 0.494 e. The van der Waals surface area contributed by atoms with E-state index in [-0.39, 0.29) is 22.7 Å². The van der Waals surface area contributed by atoms with Gasteiger partial charge in [0.05, 0.1) is 18.3 Å². The first-order chi connectivity index (χ1) is 11.9. The molecule has 1 aromatic carbocycles. The predicted molar refractivity (Wildman–Crippen MR) is 96.1 cm³/mol. The van der Waals surface area contributed by atoms with E-state index in [1.807, 2.05) is 37.3 Å². The van der Waals surface area contributed by atoms with Crippen LogP contribution in [0.15, 0.2) is 30.3 Å². The molecule has 1 heterocycles. The molecular weight excluding hydrogens is 340 g/mol. The molecule has 7 heteroatoms. The SMILES string of the molecule is Cc1nc(C(C)NC(=O)C(C)CCOc2ccccc2)sc1C(=O)O. The maximum atomic E-state index is 12.3. The van der Waals surface area contributed by atoms with Gasteiger partial charge in [-0.1, -0.05) is 25.1 Å². The number of para-hydroxylation sites is 1. The molecular formula is C18H22N2O4S. The number of rotatable bonds is 8. The molecule has 0 spiro atoms. The normalized spacial score (nSPS) is 13.1. The van der Waals surface area contributed by atoms with Crippen LogP contribution in [0.5, 0.6) is 5.75 Å². The summed E-state index contributed by atoms with van der Waals surface area (Å²) in [6, 6.07) is 9.13. The van der Waals surface area contributed by atoms with E-state index in [4.69, 9.17) is 9.84 Å². The molecule has 2 rings (SSSR count).